The van der Waals surface area contributed by atoms with Crippen LogP contribution in [0.2, 0.25) is 0 Å². The first-order valence-electron chi connectivity index (χ1n) is 8.98. The molecule has 3 aromatic rings. The van der Waals surface area contributed by atoms with Gasteiger partial charge in [0.15, 0.2) is 11.0 Å². The van der Waals surface area contributed by atoms with E-state index in [0.717, 1.165) is 34.0 Å². The Hall–Kier alpha value is -3.06. The van der Waals surface area contributed by atoms with Gasteiger partial charge in [0.2, 0.25) is 0 Å². The molecular weight excluding hydrogens is 372 g/mol. The van der Waals surface area contributed by atoms with Gasteiger partial charge in [-0.25, -0.2) is 15.0 Å². The van der Waals surface area contributed by atoms with Gasteiger partial charge >= 0.3 is 5.16 Å². The summed E-state index contributed by atoms with van der Waals surface area (Å²) in [4.78, 5) is 15.4. The molecule has 144 valence electrons. The normalized spacial score (nSPS) is 11.5. The van der Waals surface area contributed by atoms with Gasteiger partial charge in [-0.05, 0) is 49.0 Å². The number of ether oxygens (including phenoxy) is 1. The predicted molar refractivity (Wildman–Crippen MR) is 114 cm³/mol. The zero-order valence-electron chi connectivity index (χ0n) is 15.9. The first kappa shape index (κ1) is 19.7. The highest BCUT2D eigenvalue weighted by Crippen LogP contribution is 2.18. The number of hydrazone groups is 1. The quantitative estimate of drug-likeness (QED) is 0.266. The van der Waals surface area contributed by atoms with Crippen LogP contribution >= 0.6 is 11.8 Å². The number of aromatic amines is 1. The maximum Gasteiger partial charge on any atom is 0.317 e. The molecular formula is C21H23N4O2S+. The molecule has 0 unspecified atom stereocenters. The summed E-state index contributed by atoms with van der Waals surface area (Å²) >= 11 is 1.46. The first-order chi connectivity index (χ1) is 13.7. The monoisotopic (exact) mass is 395 g/mol. The lowest BCUT2D eigenvalue weighted by atomic mass is 10.2. The molecule has 7 heteroatoms. The molecule has 1 amide bonds. The summed E-state index contributed by atoms with van der Waals surface area (Å²) in [6.07, 6.45) is 5.18. The summed E-state index contributed by atoms with van der Waals surface area (Å²) in [6, 6.07) is 15.8. The number of imidazole rings is 1. The lowest BCUT2D eigenvalue weighted by Gasteiger charge is -2.02. The third-order valence-electron chi connectivity index (χ3n) is 4.10. The Morgan fingerprint density at radius 1 is 1.25 bits per heavy atom. The Morgan fingerprint density at radius 3 is 2.86 bits per heavy atom. The van der Waals surface area contributed by atoms with Gasteiger partial charge in [0.1, 0.15) is 5.75 Å². The summed E-state index contributed by atoms with van der Waals surface area (Å²) in [5.41, 5.74) is 5.68. The number of amides is 1. The van der Waals surface area contributed by atoms with Gasteiger partial charge in [-0.1, -0.05) is 30.3 Å². The lowest BCUT2D eigenvalue weighted by Crippen LogP contribution is -2.34. The fourth-order valence-corrected chi connectivity index (χ4v) is 3.70. The summed E-state index contributed by atoms with van der Waals surface area (Å²) in [5, 5.41) is 4.91. The number of para-hydroxylation sites is 3. The Morgan fingerprint density at radius 2 is 2.04 bits per heavy atom. The van der Waals surface area contributed by atoms with E-state index >= 15 is 0 Å². The molecule has 1 heterocycles. The molecule has 6 nitrogen and oxygen atoms in total. The van der Waals surface area contributed by atoms with Gasteiger partial charge in [0.05, 0.1) is 19.4 Å². The molecule has 28 heavy (non-hydrogen) atoms. The van der Waals surface area contributed by atoms with E-state index < -0.39 is 0 Å². The number of benzene rings is 2. The summed E-state index contributed by atoms with van der Waals surface area (Å²) in [5.74, 6) is 0.906. The second-order valence-electron chi connectivity index (χ2n) is 5.89. The molecule has 3 rings (SSSR count). The number of allylic oxidation sites excluding steroid dienone is 1. The third kappa shape index (κ3) is 4.80. The van der Waals surface area contributed by atoms with Crippen molar-refractivity contribution in [2.45, 2.75) is 18.6 Å². The number of fused-ring (bicyclic) bond motifs is 1. The van der Waals surface area contributed by atoms with E-state index in [-0.39, 0.29) is 11.7 Å². The Kier molecular flexibility index (Phi) is 6.86. The highest BCUT2D eigenvalue weighted by molar-refractivity contribution is 7.99. The average Bonchev–Trinajstić information content (AvgIpc) is 3.09. The van der Waals surface area contributed by atoms with E-state index in [1.165, 1.54) is 11.8 Å². The molecule has 0 aliphatic heterocycles. The Bertz CT molecular complexity index is 1010. The third-order valence-corrected chi connectivity index (χ3v) is 5.10. The van der Waals surface area contributed by atoms with Crippen LogP contribution in [0.15, 0.2) is 64.9 Å². The molecule has 1 aromatic heterocycles. The van der Waals surface area contributed by atoms with E-state index in [2.05, 4.69) is 33.1 Å². The maximum absolute atomic E-state index is 12.1. The number of nitrogens with one attached hydrogen (secondary N) is 2. The standard InChI is InChI=1S/C21H22N4O2S/c1-3-25-18-12-6-5-11-17(18)23-21(25)28-15-20(26)24-22-14-8-10-16-9-4-7-13-19(16)27-2/h4-14H,3,15H2,1-2H3,(H,24,26)/p+1. The fraction of sp³-hybridized carbons (Fsp3) is 0.190. The number of nitrogens with zero attached hydrogens (tertiary/aromatic N) is 2. The van der Waals surface area contributed by atoms with E-state index in [4.69, 9.17) is 4.74 Å². The Labute approximate surface area is 168 Å². The predicted octanol–water partition coefficient (Wildman–Crippen LogP) is 3.39. The molecule has 0 atom stereocenters. The van der Waals surface area contributed by atoms with Crippen LogP contribution in [0.4, 0.5) is 0 Å². The Balaban J connectivity index is 1.52. The number of aryl methyl sites for hydroxylation is 1. The van der Waals surface area contributed by atoms with E-state index in [1.807, 2.05) is 48.5 Å². The van der Waals surface area contributed by atoms with Crippen molar-refractivity contribution < 1.29 is 14.1 Å². The van der Waals surface area contributed by atoms with E-state index in [1.54, 1.807) is 19.4 Å². The van der Waals surface area contributed by atoms with Crippen LogP contribution in [0.5, 0.6) is 5.75 Å². The minimum atomic E-state index is -0.159. The highest BCUT2D eigenvalue weighted by Gasteiger charge is 2.18. The molecule has 0 saturated carbocycles. The first-order valence-corrected chi connectivity index (χ1v) is 9.96. The summed E-state index contributed by atoms with van der Waals surface area (Å²) < 4.78 is 7.44. The van der Waals surface area contributed by atoms with Crippen LogP contribution in [-0.4, -0.2) is 30.0 Å². The number of methoxy groups -OCH3 is 1. The van der Waals surface area contributed by atoms with Gasteiger partial charge in [0, 0.05) is 11.8 Å². The fourth-order valence-electron chi connectivity index (χ4n) is 2.80. The molecule has 0 saturated heterocycles. The van der Waals surface area contributed by atoms with Crippen molar-refractivity contribution >= 4 is 41.0 Å². The maximum atomic E-state index is 12.1. The molecule has 0 aliphatic carbocycles. The lowest BCUT2D eigenvalue weighted by molar-refractivity contribution is -0.705. The molecule has 0 fully saturated rings. The van der Waals surface area contributed by atoms with E-state index in [0.29, 0.717) is 0 Å². The van der Waals surface area contributed by atoms with Crippen molar-refractivity contribution in [1.82, 2.24) is 10.4 Å². The van der Waals surface area contributed by atoms with Crippen molar-refractivity contribution in [2.75, 3.05) is 12.9 Å². The van der Waals surface area contributed by atoms with Crippen molar-refractivity contribution in [3.63, 3.8) is 0 Å². The molecule has 2 N–H and O–H groups in total. The summed E-state index contributed by atoms with van der Waals surface area (Å²) in [6.45, 7) is 2.92. The highest BCUT2D eigenvalue weighted by atomic mass is 32.2. The number of carbonyl (C=O) groups is 1. The number of thioether (sulfide) groups is 1. The number of aromatic nitrogens is 2. The smallest absolute Gasteiger partial charge is 0.317 e. The van der Waals surface area contributed by atoms with Crippen molar-refractivity contribution in [2.24, 2.45) is 5.10 Å². The van der Waals surface area contributed by atoms with Crippen LogP contribution in [0.1, 0.15) is 12.5 Å². The molecule has 0 radical (unpaired) electrons. The minimum Gasteiger partial charge on any atom is -0.496 e. The second kappa shape index (κ2) is 9.75. The second-order valence-corrected chi connectivity index (χ2v) is 6.86. The number of carbonyl (C=O) groups excluding carboxylic acids is 1. The van der Waals surface area contributed by atoms with Crippen LogP contribution < -0.4 is 14.7 Å². The molecule has 0 spiro atoms. The van der Waals surface area contributed by atoms with Crippen LogP contribution in [-0.2, 0) is 11.3 Å². The number of rotatable bonds is 8. The van der Waals surface area contributed by atoms with Crippen LogP contribution in [0, 0.1) is 0 Å². The molecule has 0 bridgehead atoms. The van der Waals surface area contributed by atoms with Gasteiger partial charge in [0.25, 0.3) is 5.91 Å². The number of H-pyrrole nitrogens is 1. The van der Waals surface area contributed by atoms with Crippen molar-refractivity contribution in [3.05, 3.63) is 60.2 Å². The SMILES string of the molecule is CC[n+]1c(SCC(=O)NN=CC=Cc2ccccc2OC)[nH]c2ccccc21. The largest absolute Gasteiger partial charge is 0.496 e. The van der Waals surface area contributed by atoms with Crippen molar-refractivity contribution in [1.29, 1.82) is 0 Å². The topological polar surface area (TPSA) is 70.4 Å². The van der Waals surface area contributed by atoms with Gasteiger partial charge in [-0.2, -0.15) is 5.10 Å². The van der Waals surface area contributed by atoms with Gasteiger partial charge in [-0.3, -0.25) is 4.79 Å². The molecule has 2 aromatic carbocycles. The van der Waals surface area contributed by atoms with Crippen LogP contribution in [0.25, 0.3) is 17.1 Å². The molecule has 0 aliphatic rings. The average molecular weight is 396 g/mol. The minimum absolute atomic E-state index is 0.159. The van der Waals surface area contributed by atoms with E-state index in [9.17, 15) is 4.79 Å². The number of hydrogen-bond acceptors (Lipinski definition) is 4. The van der Waals surface area contributed by atoms with Gasteiger partial charge in [-0.15, -0.1) is 0 Å². The number of hydrogen-bond donors (Lipinski definition) is 2. The van der Waals surface area contributed by atoms with Gasteiger partial charge < -0.3 is 4.74 Å². The zero-order valence-corrected chi connectivity index (χ0v) is 16.7. The van der Waals surface area contributed by atoms with Crippen LogP contribution in [0.3, 0.4) is 0 Å². The summed E-state index contributed by atoms with van der Waals surface area (Å²) in [7, 11) is 1.63. The zero-order chi connectivity index (χ0) is 19.8. The van der Waals surface area contributed by atoms with Crippen molar-refractivity contribution in [3.8, 4) is 5.75 Å².